The number of hydrogen-bond acceptors (Lipinski definition) is 4. The Morgan fingerprint density at radius 1 is 1.39 bits per heavy atom. The summed E-state index contributed by atoms with van der Waals surface area (Å²) in [6.07, 6.45) is 1.20. The van der Waals surface area contributed by atoms with Gasteiger partial charge in [-0.25, -0.2) is 4.79 Å². The van der Waals surface area contributed by atoms with Gasteiger partial charge >= 0.3 is 11.9 Å². The van der Waals surface area contributed by atoms with Crippen molar-refractivity contribution in [3.63, 3.8) is 0 Å². The van der Waals surface area contributed by atoms with Gasteiger partial charge in [0, 0.05) is 12.5 Å². The van der Waals surface area contributed by atoms with Gasteiger partial charge < -0.3 is 9.84 Å². The molecule has 1 N–H and O–H groups in total. The summed E-state index contributed by atoms with van der Waals surface area (Å²) >= 11 is 0. The average Bonchev–Trinajstić information content (AvgIpc) is 3.25. The number of hydrogen-bond donors (Lipinski definition) is 1. The number of aryl methyl sites for hydroxylation is 1. The minimum atomic E-state index is -1.26. The van der Waals surface area contributed by atoms with E-state index in [2.05, 4.69) is 17.9 Å². The van der Waals surface area contributed by atoms with Gasteiger partial charge in [-0.1, -0.05) is 18.1 Å². The Morgan fingerprint density at radius 2 is 2.04 bits per heavy atom. The molecular weight excluding hydrogens is 294 g/mol. The number of nitrogens with zero attached hydrogens (tertiary/aromatic N) is 1. The second-order valence-corrected chi connectivity index (χ2v) is 5.87. The number of benzene rings is 1. The van der Waals surface area contributed by atoms with E-state index in [9.17, 15) is 20.0 Å². The number of carboxylic acids is 1. The number of nitriles is 1. The molecule has 0 spiro atoms. The van der Waals surface area contributed by atoms with Gasteiger partial charge in [-0.2, -0.15) is 5.26 Å². The lowest BCUT2D eigenvalue weighted by Crippen LogP contribution is -2.39. The van der Waals surface area contributed by atoms with Crippen molar-refractivity contribution >= 4 is 11.9 Å². The van der Waals surface area contributed by atoms with Gasteiger partial charge in [0.15, 0.2) is 5.60 Å². The van der Waals surface area contributed by atoms with Gasteiger partial charge in [-0.3, -0.25) is 4.79 Å². The van der Waals surface area contributed by atoms with Gasteiger partial charge in [0.05, 0.1) is 11.6 Å². The van der Waals surface area contributed by atoms with Crippen LogP contribution in [0.15, 0.2) is 18.2 Å². The number of rotatable bonds is 3. The number of aromatic carboxylic acids is 1. The molecule has 1 aliphatic carbocycles. The first-order valence-electron chi connectivity index (χ1n) is 7.21. The lowest BCUT2D eigenvalue weighted by Gasteiger charge is -2.28. The molecule has 0 bridgehead atoms. The first-order valence-corrected chi connectivity index (χ1v) is 7.21. The Kier molecular flexibility index (Phi) is 4.16. The average molecular weight is 311 g/mol. The topological polar surface area (TPSA) is 87.4 Å². The standard InChI is InChI=1S/C18H17NO4/c1-12-5-4-6-14(15(12)16(21)22)7-8-17(3,23-13(2)20)18(11-19)9-10-18/h4-6H,9-10H2,1-3H3,(H,21,22)/t17-/m1/s1. The maximum atomic E-state index is 11.4. The predicted octanol–water partition coefficient (Wildman–Crippen LogP) is 2.67. The number of carboxylic acid groups (broad SMARTS) is 1. The van der Waals surface area contributed by atoms with Gasteiger partial charge in [0.1, 0.15) is 5.41 Å². The van der Waals surface area contributed by atoms with Crippen LogP contribution in [0, 0.1) is 35.5 Å². The van der Waals surface area contributed by atoms with Gasteiger partial charge in [-0.05, 0) is 44.2 Å². The van der Waals surface area contributed by atoms with Crippen molar-refractivity contribution in [3.8, 4) is 17.9 Å². The largest absolute Gasteiger partial charge is 0.478 e. The summed E-state index contributed by atoms with van der Waals surface area (Å²) in [5, 5.41) is 18.7. The molecule has 0 unspecified atom stereocenters. The molecule has 1 atom stereocenters. The number of carbonyl (C=O) groups is 2. The molecule has 0 heterocycles. The quantitative estimate of drug-likeness (QED) is 0.685. The monoisotopic (exact) mass is 311 g/mol. The van der Waals surface area contributed by atoms with Crippen LogP contribution < -0.4 is 0 Å². The molecule has 1 aromatic rings. The number of esters is 1. The van der Waals surface area contributed by atoms with E-state index in [0.717, 1.165) is 0 Å². The summed E-state index contributed by atoms with van der Waals surface area (Å²) in [5.74, 6) is 4.05. The minimum Gasteiger partial charge on any atom is -0.478 e. The fraction of sp³-hybridized carbons (Fsp3) is 0.389. The third-order valence-electron chi connectivity index (χ3n) is 4.15. The number of carbonyl (C=O) groups excluding carboxylic acids is 1. The van der Waals surface area contributed by atoms with Crippen molar-refractivity contribution in [3.05, 3.63) is 34.9 Å². The van der Waals surface area contributed by atoms with Crippen LogP contribution >= 0.6 is 0 Å². The molecule has 1 fully saturated rings. The Balaban J connectivity index is 2.50. The summed E-state index contributed by atoms with van der Waals surface area (Å²) in [5.41, 5.74) is -1.03. The molecule has 23 heavy (non-hydrogen) atoms. The van der Waals surface area contributed by atoms with E-state index in [4.69, 9.17) is 4.74 Å². The molecule has 0 aliphatic heterocycles. The highest BCUT2D eigenvalue weighted by atomic mass is 16.6. The molecule has 118 valence electrons. The molecule has 0 radical (unpaired) electrons. The van der Waals surface area contributed by atoms with Crippen LogP contribution in [0.2, 0.25) is 0 Å². The third-order valence-corrected chi connectivity index (χ3v) is 4.15. The Labute approximate surface area is 134 Å². The van der Waals surface area contributed by atoms with E-state index in [0.29, 0.717) is 24.0 Å². The smallest absolute Gasteiger partial charge is 0.337 e. The van der Waals surface area contributed by atoms with Crippen molar-refractivity contribution in [2.45, 2.75) is 39.2 Å². The molecule has 5 nitrogen and oxygen atoms in total. The fourth-order valence-electron chi connectivity index (χ4n) is 2.59. The number of ether oxygens (including phenoxy) is 1. The van der Waals surface area contributed by atoms with Crippen molar-refractivity contribution in [2.75, 3.05) is 0 Å². The van der Waals surface area contributed by atoms with Crippen LogP contribution in [0.5, 0.6) is 0 Å². The second-order valence-electron chi connectivity index (χ2n) is 5.87. The van der Waals surface area contributed by atoms with Crippen LogP contribution in [0.4, 0.5) is 0 Å². The second kappa shape index (κ2) is 5.78. The van der Waals surface area contributed by atoms with E-state index >= 15 is 0 Å². The van der Waals surface area contributed by atoms with Gasteiger partial charge in [0.2, 0.25) is 0 Å². The molecule has 5 heteroatoms. The van der Waals surface area contributed by atoms with Crippen LogP contribution in [0.3, 0.4) is 0 Å². The molecule has 0 saturated heterocycles. The molecule has 0 amide bonds. The highest BCUT2D eigenvalue weighted by molar-refractivity contribution is 5.92. The van der Waals surface area contributed by atoms with Crippen LogP contribution in [0.25, 0.3) is 0 Å². The summed E-state index contributed by atoms with van der Waals surface area (Å²) in [6.45, 7) is 4.56. The maximum absolute atomic E-state index is 11.4. The summed E-state index contributed by atoms with van der Waals surface area (Å²) in [4.78, 5) is 22.8. The summed E-state index contributed by atoms with van der Waals surface area (Å²) in [7, 11) is 0. The first kappa shape index (κ1) is 16.6. The predicted molar refractivity (Wildman–Crippen MR) is 82.5 cm³/mol. The molecule has 2 rings (SSSR count). The van der Waals surface area contributed by atoms with E-state index < -0.39 is 23.0 Å². The Morgan fingerprint density at radius 3 is 2.52 bits per heavy atom. The normalized spacial score (nSPS) is 17.0. The minimum absolute atomic E-state index is 0.118. The van der Waals surface area contributed by atoms with E-state index in [1.54, 1.807) is 32.0 Å². The lowest BCUT2D eigenvalue weighted by molar-refractivity contribution is -0.153. The molecule has 1 aliphatic rings. The van der Waals surface area contributed by atoms with Crippen molar-refractivity contribution in [1.29, 1.82) is 5.26 Å². The highest BCUT2D eigenvalue weighted by Crippen LogP contribution is 2.55. The zero-order valence-corrected chi connectivity index (χ0v) is 13.3. The summed E-state index contributed by atoms with van der Waals surface area (Å²) in [6, 6.07) is 7.19. The molecular formula is C18H17NO4. The van der Waals surface area contributed by atoms with E-state index in [1.165, 1.54) is 6.92 Å². The Hall–Kier alpha value is -2.79. The third kappa shape index (κ3) is 3.05. The fourth-order valence-corrected chi connectivity index (χ4v) is 2.59. The summed E-state index contributed by atoms with van der Waals surface area (Å²) < 4.78 is 5.33. The van der Waals surface area contributed by atoms with Gasteiger partial charge in [0.25, 0.3) is 0 Å². The highest BCUT2D eigenvalue weighted by Gasteiger charge is 2.60. The van der Waals surface area contributed by atoms with E-state index in [-0.39, 0.29) is 5.56 Å². The van der Waals surface area contributed by atoms with Crippen LogP contribution in [-0.2, 0) is 9.53 Å². The van der Waals surface area contributed by atoms with Crippen molar-refractivity contribution in [2.24, 2.45) is 5.41 Å². The first-order chi connectivity index (χ1) is 10.7. The maximum Gasteiger partial charge on any atom is 0.337 e. The van der Waals surface area contributed by atoms with Crippen LogP contribution in [0.1, 0.15) is 48.2 Å². The van der Waals surface area contributed by atoms with E-state index in [1.807, 2.05) is 0 Å². The molecule has 1 saturated carbocycles. The van der Waals surface area contributed by atoms with Gasteiger partial charge in [-0.15, -0.1) is 0 Å². The van der Waals surface area contributed by atoms with Crippen LogP contribution in [-0.4, -0.2) is 22.6 Å². The zero-order valence-electron chi connectivity index (χ0n) is 13.3. The lowest BCUT2D eigenvalue weighted by atomic mass is 9.86. The van der Waals surface area contributed by atoms with Crippen molar-refractivity contribution in [1.82, 2.24) is 0 Å². The van der Waals surface area contributed by atoms with Crippen molar-refractivity contribution < 1.29 is 19.4 Å². The molecule has 1 aromatic carbocycles. The Bertz CT molecular complexity index is 774. The SMILES string of the molecule is CC(=O)O[C@](C)(C#Cc1cccc(C)c1C(=O)O)C1(C#N)CC1. The molecule has 0 aromatic heterocycles. The zero-order chi connectivity index (χ0) is 17.3.